The highest BCUT2D eigenvalue weighted by atomic mass is 35.5. The fraction of sp³-hybridized carbons (Fsp3) is 0.360. The van der Waals surface area contributed by atoms with Crippen LogP contribution in [0.4, 0.5) is 11.5 Å². The minimum Gasteiger partial charge on any atom is -0.376 e. The number of rotatable bonds is 5. The number of nitrogens with zero attached hydrogens (tertiary/aromatic N) is 3. The predicted octanol–water partition coefficient (Wildman–Crippen LogP) is 3.55. The fourth-order valence-electron chi connectivity index (χ4n) is 4.77. The fourth-order valence-corrected chi connectivity index (χ4v) is 5.84. The number of benzene rings is 1. The molecule has 2 aliphatic heterocycles. The van der Waals surface area contributed by atoms with Crippen LogP contribution in [0.5, 0.6) is 0 Å². The average Bonchev–Trinajstić information content (AvgIpc) is 3.16. The Balaban J connectivity index is 1.23. The Labute approximate surface area is 217 Å². The summed E-state index contributed by atoms with van der Waals surface area (Å²) in [6.07, 6.45) is 7.02. The molecule has 3 aromatic rings. The van der Waals surface area contributed by atoms with Crippen molar-refractivity contribution in [2.45, 2.75) is 41.8 Å². The van der Waals surface area contributed by atoms with Crippen molar-refractivity contribution in [1.29, 1.82) is 0 Å². The van der Waals surface area contributed by atoms with Crippen molar-refractivity contribution in [2.75, 3.05) is 29.9 Å². The van der Waals surface area contributed by atoms with Crippen molar-refractivity contribution < 1.29 is 9.53 Å². The highest BCUT2D eigenvalue weighted by Crippen LogP contribution is 2.42. The number of anilines is 2. The van der Waals surface area contributed by atoms with Crippen molar-refractivity contribution >= 4 is 40.8 Å². The SMILES string of the molecule is C[C@@H]1OCC2(CCN(c3cnc(Sc4cccc(NC(=O)c5ccc[nH]c5=O)c4Cl)cn3)CC2)[C@@H]1N. The van der Waals surface area contributed by atoms with Crippen molar-refractivity contribution in [2.24, 2.45) is 11.1 Å². The molecule has 0 aliphatic carbocycles. The van der Waals surface area contributed by atoms with Crippen LogP contribution in [0.2, 0.25) is 5.02 Å². The number of hydrogen-bond donors (Lipinski definition) is 3. The van der Waals surface area contributed by atoms with Gasteiger partial charge in [-0.15, -0.1) is 0 Å². The van der Waals surface area contributed by atoms with E-state index in [9.17, 15) is 9.59 Å². The molecule has 0 bridgehead atoms. The van der Waals surface area contributed by atoms with Gasteiger partial charge in [-0.1, -0.05) is 29.4 Å². The number of carbonyl (C=O) groups is 1. The predicted molar refractivity (Wildman–Crippen MR) is 140 cm³/mol. The highest BCUT2D eigenvalue weighted by molar-refractivity contribution is 7.99. The van der Waals surface area contributed by atoms with E-state index in [4.69, 9.17) is 22.1 Å². The molecule has 1 aromatic carbocycles. The van der Waals surface area contributed by atoms with E-state index >= 15 is 0 Å². The number of aromatic amines is 1. The van der Waals surface area contributed by atoms with Gasteiger partial charge in [0.05, 0.1) is 35.8 Å². The topological polar surface area (TPSA) is 126 Å². The number of carbonyl (C=O) groups excluding carboxylic acids is 1. The zero-order valence-electron chi connectivity index (χ0n) is 19.7. The summed E-state index contributed by atoms with van der Waals surface area (Å²) in [5.74, 6) is 0.294. The van der Waals surface area contributed by atoms with E-state index in [1.54, 1.807) is 30.6 Å². The Kier molecular flexibility index (Phi) is 7.03. The van der Waals surface area contributed by atoms with Crippen LogP contribution in [0.15, 0.2) is 63.6 Å². The number of pyridine rings is 1. The number of nitrogens with two attached hydrogens (primary N) is 1. The Morgan fingerprint density at radius 3 is 2.72 bits per heavy atom. The third-order valence-corrected chi connectivity index (χ3v) is 8.53. The van der Waals surface area contributed by atoms with Crippen LogP contribution >= 0.6 is 23.4 Å². The second kappa shape index (κ2) is 10.2. The second-order valence-corrected chi connectivity index (χ2v) is 10.6. The lowest BCUT2D eigenvalue weighted by Gasteiger charge is -2.41. The van der Waals surface area contributed by atoms with Crippen LogP contribution in [0.3, 0.4) is 0 Å². The van der Waals surface area contributed by atoms with Gasteiger partial charge in [-0.3, -0.25) is 9.59 Å². The Morgan fingerprint density at radius 1 is 1.25 bits per heavy atom. The molecule has 2 saturated heterocycles. The standard InChI is InChI=1S/C25H27ClN6O3S/c1-15-22(27)25(14-35-15)7-10-32(11-8-25)19-12-30-20(13-29-19)36-18-6-2-5-17(21(18)26)31-24(34)16-4-3-9-28-23(16)33/h2-6,9,12-13,15,22H,7-8,10-11,14,27H2,1H3,(H,28,33)(H,31,34)/t15-,22+/m0/s1. The van der Waals surface area contributed by atoms with E-state index in [2.05, 4.69) is 25.2 Å². The molecule has 2 atom stereocenters. The lowest BCUT2D eigenvalue weighted by Crippen LogP contribution is -2.50. The second-order valence-electron chi connectivity index (χ2n) is 9.19. The number of piperidine rings is 1. The van der Waals surface area contributed by atoms with E-state index in [1.165, 1.54) is 24.0 Å². The lowest BCUT2D eigenvalue weighted by molar-refractivity contribution is 0.0974. The molecule has 5 rings (SSSR count). The molecule has 2 aromatic heterocycles. The molecule has 188 valence electrons. The molecule has 36 heavy (non-hydrogen) atoms. The summed E-state index contributed by atoms with van der Waals surface area (Å²) < 4.78 is 5.82. The summed E-state index contributed by atoms with van der Waals surface area (Å²) >= 11 is 7.92. The normalized spacial score (nSPS) is 21.0. The number of ether oxygens (including phenoxy) is 1. The number of amides is 1. The molecular formula is C25H27ClN6O3S. The first kappa shape index (κ1) is 24.8. The van der Waals surface area contributed by atoms with Gasteiger partial charge in [0, 0.05) is 35.6 Å². The van der Waals surface area contributed by atoms with Crippen molar-refractivity contribution in [3.63, 3.8) is 0 Å². The molecular weight excluding hydrogens is 500 g/mol. The number of hydrogen-bond acceptors (Lipinski definition) is 8. The van der Waals surface area contributed by atoms with Gasteiger partial charge in [0.15, 0.2) is 0 Å². The number of nitrogens with one attached hydrogen (secondary N) is 2. The zero-order chi connectivity index (χ0) is 25.3. The number of H-pyrrole nitrogens is 1. The van der Waals surface area contributed by atoms with Crippen LogP contribution < -0.4 is 21.5 Å². The van der Waals surface area contributed by atoms with E-state index in [0.29, 0.717) is 20.6 Å². The maximum Gasteiger partial charge on any atom is 0.261 e. The van der Waals surface area contributed by atoms with E-state index in [1.807, 2.05) is 13.0 Å². The monoisotopic (exact) mass is 526 g/mol. The van der Waals surface area contributed by atoms with Gasteiger partial charge in [0.25, 0.3) is 11.5 Å². The molecule has 4 heterocycles. The van der Waals surface area contributed by atoms with E-state index in [0.717, 1.165) is 38.4 Å². The molecule has 2 fully saturated rings. The smallest absolute Gasteiger partial charge is 0.261 e. The summed E-state index contributed by atoms with van der Waals surface area (Å²) in [5.41, 5.74) is 6.44. The van der Waals surface area contributed by atoms with Gasteiger partial charge in [0.1, 0.15) is 16.4 Å². The molecule has 0 radical (unpaired) electrons. The summed E-state index contributed by atoms with van der Waals surface area (Å²) in [6, 6.07) is 8.42. The summed E-state index contributed by atoms with van der Waals surface area (Å²) in [6.45, 7) is 4.51. The van der Waals surface area contributed by atoms with E-state index < -0.39 is 11.5 Å². The van der Waals surface area contributed by atoms with Gasteiger partial charge in [-0.05, 0) is 44.0 Å². The van der Waals surface area contributed by atoms with Crippen LogP contribution in [-0.4, -0.2) is 52.7 Å². The van der Waals surface area contributed by atoms with Crippen LogP contribution in [-0.2, 0) is 4.74 Å². The quantitative estimate of drug-likeness (QED) is 0.460. The van der Waals surface area contributed by atoms with Crippen LogP contribution in [0.25, 0.3) is 0 Å². The Morgan fingerprint density at radius 2 is 2.06 bits per heavy atom. The van der Waals surface area contributed by atoms with Crippen molar-refractivity contribution in [3.05, 3.63) is 69.9 Å². The number of aromatic nitrogens is 3. The summed E-state index contributed by atoms with van der Waals surface area (Å²) in [4.78, 5) is 39.0. The number of halogens is 1. The lowest BCUT2D eigenvalue weighted by atomic mass is 9.73. The zero-order valence-corrected chi connectivity index (χ0v) is 21.3. The summed E-state index contributed by atoms with van der Waals surface area (Å²) in [5, 5.41) is 3.75. The molecule has 9 nitrogen and oxygen atoms in total. The van der Waals surface area contributed by atoms with Crippen LogP contribution in [0.1, 0.15) is 30.1 Å². The van der Waals surface area contributed by atoms with Crippen LogP contribution in [0, 0.1) is 5.41 Å². The maximum atomic E-state index is 12.5. The maximum absolute atomic E-state index is 12.5. The minimum atomic E-state index is -0.534. The Bertz CT molecular complexity index is 1310. The molecule has 0 saturated carbocycles. The van der Waals surface area contributed by atoms with Gasteiger partial charge in [-0.25, -0.2) is 9.97 Å². The Hall–Kier alpha value is -2.92. The molecule has 2 aliphatic rings. The first-order valence-corrected chi connectivity index (χ1v) is 13.0. The molecule has 0 unspecified atom stereocenters. The molecule has 1 amide bonds. The van der Waals surface area contributed by atoms with Crippen molar-refractivity contribution in [3.8, 4) is 0 Å². The molecule has 1 spiro atoms. The third kappa shape index (κ3) is 4.86. The van der Waals surface area contributed by atoms with Gasteiger partial charge in [0.2, 0.25) is 0 Å². The van der Waals surface area contributed by atoms with Gasteiger partial charge >= 0.3 is 0 Å². The largest absolute Gasteiger partial charge is 0.376 e. The third-order valence-electron chi connectivity index (χ3n) is 7.03. The first-order chi connectivity index (χ1) is 17.4. The van der Waals surface area contributed by atoms with E-state index in [-0.39, 0.29) is 23.1 Å². The van der Waals surface area contributed by atoms with Crippen molar-refractivity contribution in [1.82, 2.24) is 15.0 Å². The minimum absolute atomic E-state index is 0.00802. The van der Waals surface area contributed by atoms with Gasteiger partial charge < -0.3 is 25.7 Å². The first-order valence-electron chi connectivity index (χ1n) is 11.8. The average molecular weight is 527 g/mol. The molecule has 11 heteroatoms. The summed E-state index contributed by atoms with van der Waals surface area (Å²) in [7, 11) is 0. The highest BCUT2D eigenvalue weighted by Gasteiger charge is 2.47. The molecule has 4 N–H and O–H groups in total. The van der Waals surface area contributed by atoms with Gasteiger partial charge in [-0.2, -0.15) is 0 Å².